The number of hydrogen-bond donors (Lipinski definition) is 2. The zero-order valence-electron chi connectivity index (χ0n) is 14.7. The molecule has 1 aromatic carbocycles. The maximum atomic E-state index is 12.0. The molecule has 12 nitrogen and oxygen atoms in total. The van der Waals surface area contributed by atoms with Crippen molar-refractivity contribution in [3.05, 3.63) is 69.1 Å². The molecule has 0 spiro atoms. The number of benzene rings is 1. The second kappa shape index (κ2) is 8.93. The van der Waals surface area contributed by atoms with Crippen LogP contribution in [0.2, 0.25) is 5.02 Å². The zero-order valence-corrected chi connectivity index (χ0v) is 15.5. The second-order valence-electron chi connectivity index (χ2n) is 5.69. The lowest BCUT2D eigenvalue weighted by molar-refractivity contribution is -0.385. The van der Waals surface area contributed by atoms with E-state index < -0.39 is 10.8 Å². The summed E-state index contributed by atoms with van der Waals surface area (Å²) in [4.78, 5) is 37.9. The number of nitrogens with zero attached hydrogens (tertiary/aromatic N) is 5. The molecule has 3 aromatic rings. The quantitative estimate of drug-likeness (QED) is 0.311. The number of nitrogens with one attached hydrogen (secondary N) is 2. The molecule has 0 aliphatic heterocycles. The van der Waals surface area contributed by atoms with E-state index in [0.29, 0.717) is 10.6 Å². The fraction of sp³-hybridized carbons (Fsp3) is 0.188. The van der Waals surface area contributed by atoms with E-state index in [4.69, 9.17) is 16.1 Å². The van der Waals surface area contributed by atoms with Crippen LogP contribution < -0.4 is 10.6 Å². The zero-order chi connectivity index (χ0) is 20.8. The van der Waals surface area contributed by atoms with Gasteiger partial charge in [0, 0.05) is 23.7 Å². The molecule has 0 aliphatic rings. The van der Waals surface area contributed by atoms with E-state index in [0.717, 1.165) is 6.20 Å². The van der Waals surface area contributed by atoms with Gasteiger partial charge in [-0.25, -0.2) is 0 Å². The van der Waals surface area contributed by atoms with Gasteiger partial charge in [0.2, 0.25) is 0 Å². The van der Waals surface area contributed by atoms with Crippen LogP contribution >= 0.6 is 11.6 Å². The van der Waals surface area contributed by atoms with E-state index in [9.17, 15) is 19.7 Å². The third-order valence-electron chi connectivity index (χ3n) is 3.60. The molecule has 0 unspecified atom stereocenters. The van der Waals surface area contributed by atoms with Crippen LogP contribution in [0.4, 0.5) is 5.69 Å². The van der Waals surface area contributed by atoms with Crippen LogP contribution in [0, 0.1) is 10.1 Å². The molecule has 0 saturated heterocycles. The van der Waals surface area contributed by atoms with Gasteiger partial charge in [0.15, 0.2) is 5.82 Å². The van der Waals surface area contributed by atoms with Gasteiger partial charge in [-0.05, 0) is 24.3 Å². The van der Waals surface area contributed by atoms with Crippen molar-refractivity contribution in [2.24, 2.45) is 0 Å². The summed E-state index contributed by atoms with van der Waals surface area (Å²) in [6, 6.07) is 6.38. The molecule has 0 bridgehead atoms. The number of amides is 2. The lowest BCUT2D eigenvalue weighted by Gasteiger charge is -2.05. The van der Waals surface area contributed by atoms with Crippen molar-refractivity contribution >= 4 is 29.1 Å². The van der Waals surface area contributed by atoms with E-state index in [-0.39, 0.29) is 42.9 Å². The summed E-state index contributed by atoms with van der Waals surface area (Å²) >= 11 is 5.77. The number of carbonyl (C=O) groups is 2. The fourth-order valence-corrected chi connectivity index (χ4v) is 2.35. The van der Waals surface area contributed by atoms with Gasteiger partial charge in [0.1, 0.15) is 18.9 Å². The molecule has 0 fully saturated rings. The van der Waals surface area contributed by atoms with Gasteiger partial charge >= 0.3 is 17.5 Å². The summed E-state index contributed by atoms with van der Waals surface area (Å²) < 4.78 is 6.11. The molecular formula is C16H14ClN7O5. The molecule has 0 aliphatic carbocycles. The Balaban J connectivity index is 1.44. The summed E-state index contributed by atoms with van der Waals surface area (Å²) in [6.07, 6.45) is 2.30. The monoisotopic (exact) mass is 419 g/mol. The first-order valence-corrected chi connectivity index (χ1v) is 8.61. The Morgan fingerprint density at radius 3 is 2.52 bits per heavy atom. The summed E-state index contributed by atoms with van der Waals surface area (Å²) in [6.45, 7) is 0.328. The summed E-state index contributed by atoms with van der Waals surface area (Å²) in [7, 11) is 0. The van der Waals surface area contributed by atoms with Crippen LogP contribution in [0.25, 0.3) is 0 Å². The average Bonchev–Trinajstić information content (AvgIpc) is 3.35. The van der Waals surface area contributed by atoms with Crippen LogP contribution in [0.3, 0.4) is 0 Å². The first kappa shape index (κ1) is 19.9. The number of hydrogen-bond acceptors (Lipinski definition) is 8. The molecule has 2 heterocycles. The molecule has 150 valence electrons. The molecular weight excluding hydrogens is 406 g/mol. The number of halogens is 1. The van der Waals surface area contributed by atoms with Gasteiger partial charge in [-0.15, -0.1) is 0 Å². The molecule has 0 radical (unpaired) electrons. The van der Waals surface area contributed by atoms with E-state index in [1.54, 1.807) is 24.3 Å². The predicted octanol–water partition coefficient (Wildman–Crippen LogP) is 1.04. The highest BCUT2D eigenvalue weighted by atomic mass is 35.5. The summed E-state index contributed by atoms with van der Waals surface area (Å²) in [5.41, 5.74) is 0.272. The Kier molecular flexibility index (Phi) is 6.14. The van der Waals surface area contributed by atoms with E-state index in [1.807, 2.05) is 0 Å². The lowest BCUT2D eigenvalue weighted by atomic mass is 10.2. The molecule has 3 rings (SSSR count). The smallest absolute Gasteiger partial charge is 0.316 e. The van der Waals surface area contributed by atoms with Crippen molar-refractivity contribution in [3.63, 3.8) is 0 Å². The third kappa shape index (κ3) is 5.35. The van der Waals surface area contributed by atoms with Crippen molar-refractivity contribution in [3.8, 4) is 0 Å². The van der Waals surface area contributed by atoms with E-state index in [2.05, 4.69) is 25.9 Å². The highest BCUT2D eigenvalue weighted by molar-refractivity contribution is 6.30. The Labute approximate surface area is 168 Å². The Morgan fingerprint density at radius 2 is 1.86 bits per heavy atom. The largest absolute Gasteiger partial charge is 0.350 e. The Hall–Kier alpha value is -3.80. The topological polar surface area (TPSA) is 158 Å². The number of rotatable bonds is 8. The highest BCUT2D eigenvalue weighted by Crippen LogP contribution is 2.10. The van der Waals surface area contributed by atoms with Crippen molar-refractivity contribution < 1.29 is 19.0 Å². The molecule has 2 N–H and O–H groups in total. The Morgan fingerprint density at radius 1 is 1.17 bits per heavy atom. The first-order valence-electron chi connectivity index (χ1n) is 8.24. The van der Waals surface area contributed by atoms with Gasteiger partial charge in [-0.2, -0.15) is 10.1 Å². The molecule has 29 heavy (non-hydrogen) atoms. The van der Waals surface area contributed by atoms with E-state index in [1.165, 1.54) is 10.9 Å². The number of nitro groups is 1. The second-order valence-corrected chi connectivity index (χ2v) is 6.12. The molecule has 2 aromatic heterocycles. The van der Waals surface area contributed by atoms with Gasteiger partial charge in [0.25, 0.3) is 5.91 Å². The molecule has 0 saturated carbocycles. The first-order chi connectivity index (χ1) is 13.9. The van der Waals surface area contributed by atoms with Crippen molar-refractivity contribution in [1.29, 1.82) is 0 Å². The van der Waals surface area contributed by atoms with Crippen molar-refractivity contribution in [1.82, 2.24) is 30.6 Å². The molecule has 2 amide bonds. The van der Waals surface area contributed by atoms with Crippen molar-refractivity contribution in [2.45, 2.75) is 6.54 Å². The van der Waals surface area contributed by atoms with Crippen LogP contribution in [0.1, 0.15) is 26.9 Å². The van der Waals surface area contributed by atoms with Crippen LogP contribution in [0.5, 0.6) is 0 Å². The highest BCUT2D eigenvalue weighted by Gasteiger charge is 2.16. The van der Waals surface area contributed by atoms with Crippen molar-refractivity contribution in [2.75, 3.05) is 13.1 Å². The van der Waals surface area contributed by atoms with Crippen LogP contribution in [-0.4, -0.2) is 49.7 Å². The minimum Gasteiger partial charge on any atom is -0.350 e. The normalized spacial score (nSPS) is 10.5. The maximum absolute atomic E-state index is 12.0. The lowest BCUT2D eigenvalue weighted by Crippen LogP contribution is -2.34. The van der Waals surface area contributed by atoms with Gasteiger partial charge in [0.05, 0.1) is 4.92 Å². The van der Waals surface area contributed by atoms with Gasteiger partial charge in [-0.3, -0.25) is 24.4 Å². The minimum atomic E-state index is -0.615. The number of carbonyl (C=O) groups excluding carboxylic acids is 2. The molecule has 0 atom stereocenters. The number of aromatic nitrogens is 4. The standard InChI is InChI=1S/C16H14ClN7O5/c17-11-3-1-10(2-4-11)14(25)18-5-6-19-15(26)16-21-13(22-29-16)9-23-8-12(7-20-23)24(27)28/h1-4,7-8H,5-6,9H2,(H,18,25)(H,19,26). The maximum Gasteiger partial charge on any atom is 0.316 e. The van der Waals surface area contributed by atoms with E-state index >= 15 is 0 Å². The average molecular weight is 420 g/mol. The predicted molar refractivity (Wildman–Crippen MR) is 98.4 cm³/mol. The molecule has 13 heteroatoms. The van der Waals surface area contributed by atoms with Gasteiger partial charge in [-0.1, -0.05) is 16.8 Å². The third-order valence-corrected chi connectivity index (χ3v) is 3.85. The van der Waals surface area contributed by atoms with Gasteiger partial charge < -0.3 is 15.2 Å². The Bertz CT molecular complexity index is 1030. The minimum absolute atomic E-state index is 0.00176. The van der Waals surface area contributed by atoms with Crippen LogP contribution in [-0.2, 0) is 6.54 Å². The summed E-state index contributed by atoms with van der Waals surface area (Å²) in [5.74, 6) is -1.06. The van der Waals surface area contributed by atoms with Crippen LogP contribution in [0.15, 0.2) is 41.2 Å². The SMILES string of the molecule is O=C(NCCNC(=O)c1nc(Cn2cc([N+](=O)[O-])cn2)no1)c1ccc(Cl)cc1. The summed E-state index contributed by atoms with van der Waals surface area (Å²) in [5, 5.41) is 23.8. The fourth-order valence-electron chi connectivity index (χ4n) is 2.22.